The number of fused-ring (bicyclic) bond motifs is 1. The van der Waals surface area contributed by atoms with Crippen LogP contribution in [0, 0.1) is 5.92 Å². The highest BCUT2D eigenvalue weighted by atomic mass is 16.3. The highest BCUT2D eigenvalue weighted by molar-refractivity contribution is 5.97. The number of carbonyl (C=O) groups excluding carboxylic acids is 6. The summed E-state index contributed by atoms with van der Waals surface area (Å²) in [7, 11) is 0. The summed E-state index contributed by atoms with van der Waals surface area (Å²) in [5, 5.41) is 23.2. The molecule has 0 radical (unpaired) electrons. The van der Waals surface area contributed by atoms with Gasteiger partial charge in [0.15, 0.2) is 0 Å². The van der Waals surface area contributed by atoms with Crippen LogP contribution in [0.1, 0.15) is 51.2 Å². The summed E-state index contributed by atoms with van der Waals surface area (Å²) in [5.74, 6) is -3.36. The zero-order valence-corrected chi connectivity index (χ0v) is 27.0. The number of nitrogens with zero attached hydrogens (tertiary/aromatic N) is 1. The van der Waals surface area contributed by atoms with Gasteiger partial charge in [-0.1, -0.05) is 56.3 Å². The number of hydrogen-bond acceptors (Lipinski definition) is 7. The van der Waals surface area contributed by atoms with Gasteiger partial charge >= 0.3 is 0 Å². The molecule has 0 unspecified atom stereocenters. The molecule has 5 atom stereocenters. The standard InChI is InChI=1S/C34H44N6O7/c1-20(2)16-25-31(44)36-21(3)34(47)40-15-7-10-28(40)33(46)39-27(18-23-11-13-24(41)14-12-23)32(45)38-26(17-22-8-5-4-6-9-22)30(43)35-19-29(42)37-25/h4-6,8-9,11-14,20-21,25-28,41H,7,10,15-19H2,1-3H3,(H,35,43)(H,36,44)(H,37,42)(H,38,45)(H,39,46)/t21-,25-,26-,27-,28-/m0/s1. The lowest BCUT2D eigenvalue weighted by Crippen LogP contribution is -2.60. The highest BCUT2D eigenvalue weighted by Crippen LogP contribution is 2.20. The van der Waals surface area contributed by atoms with Crippen LogP contribution >= 0.6 is 0 Å². The monoisotopic (exact) mass is 648 g/mol. The number of nitrogens with one attached hydrogen (secondary N) is 5. The first-order valence-electron chi connectivity index (χ1n) is 16.0. The fourth-order valence-electron chi connectivity index (χ4n) is 5.84. The van der Waals surface area contributed by atoms with E-state index in [0.29, 0.717) is 18.4 Å². The Morgan fingerprint density at radius 1 is 0.745 bits per heavy atom. The summed E-state index contributed by atoms with van der Waals surface area (Å²) in [6, 6.07) is 10.1. The molecule has 13 heteroatoms. The third kappa shape index (κ3) is 9.77. The van der Waals surface area contributed by atoms with Gasteiger partial charge in [-0.3, -0.25) is 28.8 Å². The van der Waals surface area contributed by atoms with Gasteiger partial charge in [-0.25, -0.2) is 0 Å². The van der Waals surface area contributed by atoms with E-state index in [2.05, 4.69) is 26.6 Å². The van der Waals surface area contributed by atoms with Crippen LogP contribution in [-0.4, -0.2) is 88.7 Å². The Balaban J connectivity index is 1.67. The summed E-state index contributed by atoms with van der Waals surface area (Å²) in [4.78, 5) is 82.2. The van der Waals surface area contributed by atoms with E-state index in [-0.39, 0.29) is 37.5 Å². The average Bonchev–Trinajstić information content (AvgIpc) is 3.53. The molecule has 252 valence electrons. The molecule has 0 saturated carbocycles. The fraction of sp³-hybridized carbons (Fsp3) is 0.471. The van der Waals surface area contributed by atoms with Crippen molar-refractivity contribution in [3.8, 4) is 5.75 Å². The van der Waals surface area contributed by atoms with Crippen molar-refractivity contribution in [3.05, 3.63) is 65.7 Å². The van der Waals surface area contributed by atoms with Gasteiger partial charge in [-0.05, 0) is 55.4 Å². The Hall–Kier alpha value is -4.94. The van der Waals surface area contributed by atoms with Gasteiger partial charge in [-0.15, -0.1) is 0 Å². The van der Waals surface area contributed by atoms with Gasteiger partial charge in [0.25, 0.3) is 0 Å². The van der Waals surface area contributed by atoms with E-state index < -0.39 is 72.2 Å². The molecule has 0 aliphatic carbocycles. The Morgan fingerprint density at radius 2 is 1.34 bits per heavy atom. The van der Waals surface area contributed by atoms with Gasteiger partial charge in [0.2, 0.25) is 35.4 Å². The molecular weight excluding hydrogens is 604 g/mol. The largest absolute Gasteiger partial charge is 0.508 e. The maximum atomic E-state index is 13.9. The van der Waals surface area contributed by atoms with Crippen molar-refractivity contribution in [2.45, 2.75) is 83.1 Å². The van der Waals surface area contributed by atoms with Crippen LogP contribution in [-0.2, 0) is 41.6 Å². The lowest BCUT2D eigenvalue weighted by Gasteiger charge is -2.30. The molecule has 2 heterocycles. The van der Waals surface area contributed by atoms with Crippen LogP contribution in [0.4, 0.5) is 0 Å². The topological polar surface area (TPSA) is 186 Å². The Labute approximate surface area is 274 Å². The second-order valence-corrected chi connectivity index (χ2v) is 12.6. The summed E-state index contributed by atoms with van der Waals surface area (Å²) >= 11 is 0. The number of aromatic hydroxyl groups is 1. The van der Waals surface area contributed by atoms with E-state index >= 15 is 0 Å². The number of benzene rings is 2. The SMILES string of the molecule is CC(C)C[C@@H]1NC(=O)CNC(=O)[C@H](Cc2ccccc2)NC(=O)[C@H](Cc2ccc(O)cc2)NC(=O)[C@@H]2CCCN2C(=O)[C@H](C)NC1=O. The zero-order valence-electron chi connectivity index (χ0n) is 27.0. The summed E-state index contributed by atoms with van der Waals surface area (Å²) in [6.07, 6.45) is 1.32. The lowest BCUT2D eigenvalue weighted by molar-refractivity contribution is -0.142. The van der Waals surface area contributed by atoms with Crippen molar-refractivity contribution in [2.24, 2.45) is 5.92 Å². The number of carbonyl (C=O) groups is 6. The molecule has 2 aromatic carbocycles. The Bertz CT molecular complexity index is 1450. The molecule has 0 spiro atoms. The molecule has 0 bridgehead atoms. The average molecular weight is 649 g/mol. The molecule has 0 aromatic heterocycles. The Kier molecular flexibility index (Phi) is 11.9. The second-order valence-electron chi connectivity index (χ2n) is 12.6. The van der Waals surface area contributed by atoms with Crippen LogP contribution in [0.25, 0.3) is 0 Å². The van der Waals surface area contributed by atoms with Crippen molar-refractivity contribution >= 4 is 35.4 Å². The fourth-order valence-corrected chi connectivity index (χ4v) is 5.84. The lowest BCUT2D eigenvalue weighted by atomic mass is 10.0. The number of phenols is 1. The predicted octanol–water partition coefficient (Wildman–Crippen LogP) is 0.303. The van der Waals surface area contributed by atoms with Crippen LogP contribution < -0.4 is 26.6 Å². The van der Waals surface area contributed by atoms with Crippen LogP contribution in [0.2, 0.25) is 0 Å². The van der Waals surface area contributed by atoms with Crippen molar-refractivity contribution in [1.82, 2.24) is 31.5 Å². The first-order chi connectivity index (χ1) is 22.4. The smallest absolute Gasteiger partial charge is 0.245 e. The maximum absolute atomic E-state index is 13.9. The highest BCUT2D eigenvalue weighted by Gasteiger charge is 2.39. The third-order valence-corrected chi connectivity index (χ3v) is 8.27. The van der Waals surface area contributed by atoms with E-state index in [1.165, 1.54) is 24.0 Å². The molecule has 6 amide bonds. The summed E-state index contributed by atoms with van der Waals surface area (Å²) in [5.41, 5.74) is 1.39. The summed E-state index contributed by atoms with van der Waals surface area (Å²) in [6.45, 7) is 5.13. The quantitative estimate of drug-likeness (QED) is 0.260. The minimum absolute atomic E-state index is 0.0242. The number of rotatable bonds is 6. The first-order valence-corrected chi connectivity index (χ1v) is 16.0. The van der Waals surface area contributed by atoms with E-state index in [1.807, 2.05) is 19.9 Å². The van der Waals surface area contributed by atoms with Crippen LogP contribution in [0.5, 0.6) is 5.75 Å². The molecular formula is C34H44N6O7. The molecule has 2 aliphatic heterocycles. The third-order valence-electron chi connectivity index (χ3n) is 8.27. The maximum Gasteiger partial charge on any atom is 0.245 e. The molecule has 2 aliphatic rings. The molecule has 2 aromatic rings. The van der Waals surface area contributed by atoms with Gasteiger partial charge in [-0.2, -0.15) is 0 Å². The molecule has 2 saturated heterocycles. The molecule has 47 heavy (non-hydrogen) atoms. The minimum Gasteiger partial charge on any atom is -0.508 e. The van der Waals surface area contributed by atoms with Gasteiger partial charge in [0.05, 0.1) is 6.54 Å². The zero-order chi connectivity index (χ0) is 34.1. The van der Waals surface area contributed by atoms with Crippen LogP contribution in [0.3, 0.4) is 0 Å². The van der Waals surface area contributed by atoms with Crippen molar-refractivity contribution < 1.29 is 33.9 Å². The second kappa shape index (κ2) is 16.1. The first kappa shape index (κ1) is 34.9. The normalized spacial score (nSPS) is 25.1. The number of phenolic OH excluding ortho intramolecular Hbond substituents is 1. The molecule has 13 nitrogen and oxygen atoms in total. The van der Waals surface area contributed by atoms with Crippen molar-refractivity contribution in [1.29, 1.82) is 0 Å². The van der Waals surface area contributed by atoms with Crippen molar-refractivity contribution in [3.63, 3.8) is 0 Å². The van der Waals surface area contributed by atoms with Gasteiger partial charge < -0.3 is 36.6 Å². The van der Waals surface area contributed by atoms with E-state index in [0.717, 1.165) is 5.56 Å². The van der Waals surface area contributed by atoms with E-state index in [1.54, 1.807) is 36.4 Å². The number of amides is 6. The molecule has 4 rings (SSSR count). The Morgan fingerprint density at radius 3 is 2.00 bits per heavy atom. The number of hydrogen-bond donors (Lipinski definition) is 6. The van der Waals surface area contributed by atoms with E-state index in [4.69, 9.17) is 0 Å². The molecule has 6 N–H and O–H groups in total. The van der Waals surface area contributed by atoms with Crippen molar-refractivity contribution in [2.75, 3.05) is 13.1 Å². The summed E-state index contributed by atoms with van der Waals surface area (Å²) < 4.78 is 0. The predicted molar refractivity (Wildman–Crippen MR) is 173 cm³/mol. The van der Waals surface area contributed by atoms with E-state index in [9.17, 15) is 33.9 Å². The van der Waals surface area contributed by atoms with Gasteiger partial charge in [0.1, 0.15) is 36.0 Å². The van der Waals surface area contributed by atoms with Crippen LogP contribution in [0.15, 0.2) is 54.6 Å². The molecule has 2 fully saturated rings. The minimum atomic E-state index is -1.15. The van der Waals surface area contributed by atoms with Gasteiger partial charge in [0, 0.05) is 19.4 Å².